The molecule has 0 radical (unpaired) electrons. The molecular formula is C23H26N2O5S. The van der Waals surface area contributed by atoms with Crippen LogP contribution in [0, 0.1) is 0 Å². The summed E-state index contributed by atoms with van der Waals surface area (Å²) in [6.07, 6.45) is 4.77. The molecule has 1 aliphatic rings. The van der Waals surface area contributed by atoms with E-state index < -0.39 is 10.0 Å². The van der Waals surface area contributed by atoms with Gasteiger partial charge in [0.1, 0.15) is 0 Å². The number of hydrogen-bond donors (Lipinski definition) is 0. The van der Waals surface area contributed by atoms with Gasteiger partial charge in [-0.1, -0.05) is 36.4 Å². The number of hydrogen-bond acceptors (Lipinski definition) is 5. The molecule has 0 atom stereocenters. The minimum absolute atomic E-state index is 0.160. The highest BCUT2D eigenvalue weighted by molar-refractivity contribution is 7.92. The SMILES string of the molecule is COc1ccc(/C=C/C(=O)N2CCN(S(=O)(=O)/C=C/c3ccccc3)CC2)cc1OC. The quantitative estimate of drug-likeness (QED) is 0.617. The molecule has 3 rings (SSSR count). The van der Waals surface area contributed by atoms with Crippen LogP contribution in [0.25, 0.3) is 12.2 Å². The van der Waals surface area contributed by atoms with E-state index in [-0.39, 0.29) is 19.0 Å². The van der Waals surface area contributed by atoms with Crippen molar-refractivity contribution >= 4 is 28.1 Å². The first-order chi connectivity index (χ1) is 14.9. The van der Waals surface area contributed by atoms with E-state index >= 15 is 0 Å². The normalized spacial score (nSPS) is 15.5. The van der Waals surface area contributed by atoms with Crippen LogP contribution in [0.2, 0.25) is 0 Å². The van der Waals surface area contributed by atoms with Crippen molar-refractivity contribution in [3.8, 4) is 11.5 Å². The van der Waals surface area contributed by atoms with E-state index in [9.17, 15) is 13.2 Å². The summed E-state index contributed by atoms with van der Waals surface area (Å²) in [4.78, 5) is 14.2. The Bertz CT molecular complexity index is 1060. The molecular weight excluding hydrogens is 416 g/mol. The van der Waals surface area contributed by atoms with Crippen molar-refractivity contribution in [2.75, 3.05) is 40.4 Å². The number of benzene rings is 2. The van der Waals surface area contributed by atoms with Gasteiger partial charge in [-0.3, -0.25) is 4.79 Å². The molecule has 7 nitrogen and oxygen atoms in total. The molecule has 0 unspecified atom stereocenters. The monoisotopic (exact) mass is 442 g/mol. The molecule has 0 saturated carbocycles. The zero-order valence-electron chi connectivity index (χ0n) is 17.6. The Morgan fingerprint density at radius 2 is 1.55 bits per heavy atom. The number of carbonyl (C=O) groups is 1. The van der Waals surface area contributed by atoms with Gasteiger partial charge in [0.2, 0.25) is 15.9 Å². The summed E-state index contributed by atoms with van der Waals surface area (Å²) in [5.74, 6) is 1.04. The number of nitrogens with zero attached hydrogens (tertiary/aromatic N) is 2. The molecule has 0 spiro atoms. The highest BCUT2D eigenvalue weighted by Gasteiger charge is 2.26. The van der Waals surface area contributed by atoms with Crippen LogP contribution >= 0.6 is 0 Å². The van der Waals surface area contributed by atoms with E-state index in [1.54, 1.807) is 43.4 Å². The van der Waals surface area contributed by atoms with E-state index in [0.29, 0.717) is 24.6 Å². The fourth-order valence-electron chi connectivity index (χ4n) is 3.21. The third-order valence-electron chi connectivity index (χ3n) is 4.97. The van der Waals surface area contributed by atoms with E-state index in [4.69, 9.17) is 9.47 Å². The highest BCUT2D eigenvalue weighted by Crippen LogP contribution is 2.28. The Morgan fingerprint density at radius 3 is 2.19 bits per heavy atom. The lowest BCUT2D eigenvalue weighted by Crippen LogP contribution is -2.49. The molecule has 2 aromatic rings. The number of amides is 1. The third-order valence-corrected chi connectivity index (χ3v) is 6.53. The number of methoxy groups -OCH3 is 2. The molecule has 0 aliphatic carbocycles. The average molecular weight is 443 g/mol. The van der Waals surface area contributed by atoms with Crippen molar-refractivity contribution in [1.29, 1.82) is 0 Å². The fraction of sp³-hybridized carbons (Fsp3) is 0.261. The van der Waals surface area contributed by atoms with Crippen LogP contribution in [0.15, 0.2) is 60.0 Å². The van der Waals surface area contributed by atoms with E-state index in [1.165, 1.54) is 15.8 Å². The Balaban J connectivity index is 1.57. The molecule has 1 aliphatic heterocycles. The zero-order chi connectivity index (χ0) is 22.3. The van der Waals surface area contributed by atoms with Crippen molar-refractivity contribution in [2.45, 2.75) is 0 Å². The van der Waals surface area contributed by atoms with E-state index in [0.717, 1.165) is 11.1 Å². The first kappa shape index (κ1) is 22.6. The van der Waals surface area contributed by atoms with Crippen molar-refractivity contribution in [1.82, 2.24) is 9.21 Å². The van der Waals surface area contributed by atoms with Crippen LogP contribution in [-0.2, 0) is 14.8 Å². The molecule has 8 heteroatoms. The number of piperazine rings is 1. The lowest BCUT2D eigenvalue weighted by atomic mass is 10.2. The number of rotatable bonds is 7. The summed E-state index contributed by atoms with van der Waals surface area (Å²) in [7, 11) is -0.411. The van der Waals surface area contributed by atoms with Crippen LogP contribution in [0.4, 0.5) is 0 Å². The maximum absolute atomic E-state index is 12.6. The molecule has 1 amide bonds. The summed E-state index contributed by atoms with van der Waals surface area (Å²) in [5.41, 5.74) is 1.62. The topological polar surface area (TPSA) is 76.2 Å². The summed E-state index contributed by atoms with van der Waals surface area (Å²) in [6, 6.07) is 14.7. The van der Waals surface area contributed by atoms with Gasteiger partial charge in [-0.05, 0) is 35.4 Å². The minimum Gasteiger partial charge on any atom is -0.493 e. The van der Waals surface area contributed by atoms with Crippen molar-refractivity contribution in [3.63, 3.8) is 0 Å². The van der Waals surface area contributed by atoms with Gasteiger partial charge in [0.15, 0.2) is 11.5 Å². The summed E-state index contributed by atoms with van der Waals surface area (Å²) >= 11 is 0. The summed E-state index contributed by atoms with van der Waals surface area (Å²) < 4.78 is 37.0. The second-order valence-electron chi connectivity index (χ2n) is 6.93. The van der Waals surface area contributed by atoms with Crippen LogP contribution in [0.3, 0.4) is 0 Å². The summed E-state index contributed by atoms with van der Waals surface area (Å²) in [5, 5.41) is 1.22. The first-order valence-corrected chi connectivity index (χ1v) is 11.4. The highest BCUT2D eigenvalue weighted by atomic mass is 32.2. The number of sulfonamides is 1. The molecule has 164 valence electrons. The maximum Gasteiger partial charge on any atom is 0.246 e. The molecule has 31 heavy (non-hydrogen) atoms. The lowest BCUT2D eigenvalue weighted by Gasteiger charge is -2.32. The molecule has 0 N–H and O–H groups in total. The van der Waals surface area contributed by atoms with E-state index in [1.807, 2.05) is 36.4 Å². The molecule has 0 aromatic heterocycles. The van der Waals surface area contributed by atoms with Crippen molar-refractivity contribution in [2.24, 2.45) is 0 Å². The van der Waals surface area contributed by atoms with Gasteiger partial charge in [-0.2, -0.15) is 4.31 Å². The van der Waals surface area contributed by atoms with Crippen LogP contribution in [0.1, 0.15) is 11.1 Å². The molecule has 1 fully saturated rings. The van der Waals surface area contributed by atoms with Crippen LogP contribution < -0.4 is 9.47 Å². The van der Waals surface area contributed by atoms with Gasteiger partial charge in [0.05, 0.1) is 14.2 Å². The molecule has 0 bridgehead atoms. The Morgan fingerprint density at radius 1 is 0.871 bits per heavy atom. The van der Waals surface area contributed by atoms with E-state index in [2.05, 4.69) is 0 Å². The van der Waals surface area contributed by atoms with Crippen LogP contribution in [-0.4, -0.2) is 63.9 Å². The van der Waals surface area contributed by atoms with Gasteiger partial charge in [0.25, 0.3) is 0 Å². The zero-order valence-corrected chi connectivity index (χ0v) is 18.4. The van der Waals surface area contributed by atoms with Gasteiger partial charge in [-0.15, -0.1) is 0 Å². The third kappa shape index (κ3) is 5.96. The van der Waals surface area contributed by atoms with Crippen LogP contribution in [0.5, 0.6) is 11.5 Å². The van der Waals surface area contributed by atoms with Gasteiger partial charge in [0, 0.05) is 37.7 Å². The van der Waals surface area contributed by atoms with Crippen molar-refractivity contribution < 1.29 is 22.7 Å². The molecule has 1 heterocycles. The maximum atomic E-state index is 12.6. The standard InChI is InChI=1S/C23H26N2O5S/c1-29-21-10-8-20(18-22(21)30-2)9-11-23(26)24-13-15-25(16-14-24)31(27,28)17-12-19-6-4-3-5-7-19/h3-12,17-18H,13-16H2,1-2H3/b11-9+,17-12+. The predicted octanol–water partition coefficient (Wildman–Crippen LogP) is 2.86. The van der Waals surface area contributed by atoms with Gasteiger partial charge >= 0.3 is 0 Å². The largest absolute Gasteiger partial charge is 0.493 e. The molecule has 1 saturated heterocycles. The summed E-state index contributed by atoms with van der Waals surface area (Å²) in [6.45, 7) is 1.20. The average Bonchev–Trinajstić information content (AvgIpc) is 2.81. The Labute approximate surface area is 183 Å². The molecule has 2 aromatic carbocycles. The second kappa shape index (κ2) is 10.3. The van der Waals surface area contributed by atoms with Gasteiger partial charge in [-0.25, -0.2) is 8.42 Å². The van der Waals surface area contributed by atoms with Crippen molar-refractivity contribution in [3.05, 3.63) is 71.1 Å². The second-order valence-corrected chi connectivity index (χ2v) is 8.75. The first-order valence-electron chi connectivity index (χ1n) is 9.85. The smallest absolute Gasteiger partial charge is 0.246 e. The van der Waals surface area contributed by atoms with Gasteiger partial charge < -0.3 is 14.4 Å². The number of carbonyl (C=O) groups excluding carboxylic acids is 1. The fourth-order valence-corrected chi connectivity index (χ4v) is 4.38. The predicted molar refractivity (Wildman–Crippen MR) is 121 cm³/mol. The Hall–Kier alpha value is -3.10. The lowest BCUT2D eigenvalue weighted by molar-refractivity contribution is -0.127. The number of ether oxygens (including phenoxy) is 2. The minimum atomic E-state index is -3.53. The Kier molecular flexibility index (Phi) is 7.49.